The van der Waals surface area contributed by atoms with Gasteiger partial charge in [0, 0.05) is 11.7 Å². The molecule has 4 N–H and O–H groups in total. The first kappa shape index (κ1) is 14.8. The molecular weight excluding hydrogens is 274 g/mol. The standard InChI is InChI=1S/C14H17N3O4/c1-8-6-9-4-2-3-5-11(9)17(8)14(21)16-10(13(19)20)7-12(15)18/h2-5,8,10H,6-7H2,1H3,(H2,15,18)(H,16,21)(H,19,20)/t8?,10-/m1/s1. The summed E-state index contributed by atoms with van der Waals surface area (Å²) in [6, 6.07) is 5.50. The van der Waals surface area contributed by atoms with Gasteiger partial charge in [-0.15, -0.1) is 0 Å². The third kappa shape index (κ3) is 3.13. The van der Waals surface area contributed by atoms with Gasteiger partial charge in [0.25, 0.3) is 0 Å². The van der Waals surface area contributed by atoms with Crippen LogP contribution in [0.4, 0.5) is 10.5 Å². The molecule has 1 aromatic carbocycles. The number of amides is 3. The number of rotatable bonds is 4. The lowest BCUT2D eigenvalue weighted by molar-refractivity contribution is -0.140. The Bertz CT molecular complexity index is 587. The van der Waals surface area contributed by atoms with Crippen LogP contribution in [-0.4, -0.2) is 35.1 Å². The number of fused-ring (bicyclic) bond motifs is 1. The molecule has 0 fully saturated rings. The minimum Gasteiger partial charge on any atom is -0.480 e. The predicted octanol–water partition coefficient (Wildman–Crippen LogP) is 0.476. The van der Waals surface area contributed by atoms with Gasteiger partial charge < -0.3 is 16.2 Å². The molecule has 2 rings (SSSR count). The summed E-state index contributed by atoms with van der Waals surface area (Å²) in [6.07, 6.45) is 0.266. The smallest absolute Gasteiger partial charge is 0.326 e. The van der Waals surface area contributed by atoms with Crippen molar-refractivity contribution in [2.24, 2.45) is 5.73 Å². The second kappa shape index (κ2) is 5.82. The summed E-state index contributed by atoms with van der Waals surface area (Å²) in [5.41, 5.74) is 6.78. The van der Waals surface area contributed by atoms with Crippen molar-refractivity contribution in [3.8, 4) is 0 Å². The second-order valence-corrected chi connectivity index (χ2v) is 5.06. The molecule has 1 aliphatic rings. The lowest BCUT2D eigenvalue weighted by Gasteiger charge is -2.25. The number of nitrogens with zero attached hydrogens (tertiary/aromatic N) is 1. The van der Waals surface area contributed by atoms with Crippen LogP contribution in [0.2, 0.25) is 0 Å². The fraction of sp³-hybridized carbons (Fsp3) is 0.357. The fourth-order valence-electron chi connectivity index (χ4n) is 2.49. The highest BCUT2D eigenvalue weighted by Crippen LogP contribution is 2.31. The number of hydrogen-bond acceptors (Lipinski definition) is 3. The maximum atomic E-state index is 12.3. The first-order chi connectivity index (χ1) is 9.90. The number of primary amides is 1. The molecule has 0 saturated heterocycles. The van der Waals surface area contributed by atoms with Gasteiger partial charge in [-0.1, -0.05) is 18.2 Å². The van der Waals surface area contributed by atoms with Gasteiger partial charge in [0.2, 0.25) is 5.91 Å². The van der Waals surface area contributed by atoms with Crippen LogP contribution in [0.5, 0.6) is 0 Å². The van der Waals surface area contributed by atoms with Crippen molar-refractivity contribution in [1.82, 2.24) is 5.32 Å². The number of hydrogen-bond donors (Lipinski definition) is 3. The van der Waals surface area contributed by atoms with Crippen molar-refractivity contribution in [3.05, 3.63) is 29.8 Å². The summed E-state index contributed by atoms with van der Waals surface area (Å²) in [5, 5.41) is 11.4. The summed E-state index contributed by atoms with van der Waals surface area (Å²) in [6.45, 7) is 1.88. The fourth-order valence-corrected chi connectivity index (χ4v) is 2.49. The summed E-state index contributed by atoms with van der Waals surface area (Å²) in [7, 11) is 0. The Labute approximate surface area is 121 Å². The van der Waals surface area contributed by atoms with E-state index < -0.39 is 30.4 Å². The average molecular weight is 291 g/mol. The molecule has 0 bridgehead atoms. The minimum absolute atomic E-state index is 0.0783. The summed E-state index contributed by atoms with van der Waals surface area (Å²) >= 11 is 0. The van der Waals surface area contributed by atoms with Crippen molar-refractivity contribution in [2.45, 2.75) is 31.8 Å². The quantitative estimate of drug-likeness (QED) is 0.748. The van der Waals surface area contributed by atoms with E-state index in [0.717, 1.165) is 11.3 Å². The Hall–Kier alpha value is -2.57. The zero-order valence-electron chi connectivity index (χ0n) is 11.6. The average Bonchev–Trinajstić information content (AvgIpc) is 2.73. The Balaban J connectivity index is 2.16. The van der Waals surface area contributed by atoms with Crippen LogP contribution in [0.25, 0.3) is 0 Å². The molecule has 1 aromatic rings. The van der Waals surface area contributed by atoms with Gasteiger partial charge in [0.1, 0.15) is 6.04 Å². The highest BCUT2D eigenvalue weighted by atomic mass is 16.4. The van der Waals surface area contributed by atoms with Gasteiger partial charge in [-0.25, -0.2) is 9.59 Å². The molecule has 0 aromatic heterocycles. The molecule has 1 unspecified atom stereocenters. The third-order valence-corrected chi connectivity index (χ3v) is 3.43. The Morgan fingerprint density at radius 3 is 2.71 bits per heavy atom. The van der Waals surface area contributed by atoms with Gasteiger partial charge in [0.15, 0.2) is 0 Å². The largest absolute Gasteiger partial charge is 0.480 e. The molecule has 0 saturated carbocycles. The lowest BCUT2D eigenvalue weighted by Crippen LogP contribution is -2.51. The minimum atomic E-state index is -1.32. The second-order valence-electron chi connectivity index (χ2n) is 5.06. The van der Waals surface area contributed by atoms with Crippen LogP contribution in [0.15, 0.2) is 24.3 Å². The Morgan fingerprint density at radius 1 is 1.43 bits per heavy atom. The predicted molar refractivity (Wildman–Crippen MR) is 75.9 cm³/mol. The molecule has 0 aliphatic carbocycles. The zero-order valence-corrected chi connectivity index (χ0v) is 11.6. The molecule has 112 valence electrons. The topological polar surface area (TPSA) is 113 Å². The molecule has 7 nitrogen and oxygen atoms in total. The SMILES string of the molecule is CC1Cc2ccccc2N1C(=O)N[C@H](CC(N)=O)C(=O)O. The summed E-state index contributed by atoms with van der Waals surface area (Å²) < 4.78 is 0. The number of para-hydroxylation sites is 1. The van der Waals surface area contributed by atoms with Crippen molar-refractivity contribution in [2.75, 3.05) is 4.90 Å². The molecule has 1 aliphatic heterocycles. The molecule has 0 radical (unpaired) electrons. The van der Waals surface area contributed by atoms with E-state index in [0.29, 0.717) is 6.42 Å². The highest BCUT2D eigenvalue weighted by Gasteiger charge is 2.33. The van der Waals surface area contributed by atoms with Crippen molar-refractivity contribution in [1.29, 1.82) is 0 Å². The van der Waals surface area contributed by atoms with Crippen molar-refractivity contribution >= 4 is 23.6 Å². The van der Waals surface area contributed by atoms with Gasteiger partial charge >= 0.3 is 12.0 Å². The number of nitrogens with one attached hydrogen (secondary N) is 1. The molecule has 1 heterocycles. The van der Waals surface area contributed by atoms with Crippen LogP contribution in [0.1, 0.15) is 18.9 Å². The Morgan fingerprint density at radius 2 is 2.10 bits per heavy atom. The summed E-state index contributed by atoms with van der Waals surface area (Å²) in [5.74, 6) is -2.07. The normalized spacial score (nSPS) is 18.0. The molecule has 0 spiro atoms. The number of urea groups is 1. The molecule has 2 atom stereocenters. The van der Waals surface area contributed by atoms with Crippen LogP contribution in [0, 0.1) is 0 Å². The number of carbonyl (C=O) groups excluding carboxylic acids is 2. The number of aliphatic carboxylic acids is 1. The summed E-state index contributed by atoms with van der Waals surface area (Å²) in [4.78, 5) is 35.8. The van der Waals surface area contributed by atoms with Gasteiger partial charge in [-0.2, -0.15) is 0 Å². The van der Waals surface area contributed by atoms with E-state index in [9.17, 15) is 14.4 Å². The van der Waals surface area contributed by atoms with Crippen LogP contribution < -0.4 is 16.0 Å². The van der Waals surface area contributed by atoms with E-state index in [1.807, 2.05) is 31.2 Å². The van der Waals surface area contributed by atoms with Crippen LogP contribution >= 0.6 is 0 Å². The zero-order chi connectivity index (χ0) is 15.6. The molecule has 21 heavy (non-hydrogen) atoms. The van der Waals surface area contributed by atoms with Crippen LogP contribution in [0.3, 0.4) is 0 Å². The lowest BCUT2D eigenvalue weighted by atomic mass is 10.1. The van der Waals surface area contributed by atoms with E-state index in [4.69, 9.17) is 10.8 Å². The Kier molecular flexibility index (Phi) is 4.11. The van der Waals surface area contributed by atoms with Crippen molar-refractivity contribution in [3.63, 3.8) is 0 Å². The number of carboxylic acid groups (broad SMARTS) is 1. The van der Waals surface area contributed by atoms with Crippen LogP contribution in [-0.2, 0) is 16.0 Å². The molecule has 3 amide bonds. The van der Waals surface area contributed by atoms with E-state index >= 15 is 0 Å². The number of nitrogens with two attached hydrogens (primary N) is 1. The van der Waals surface area contributed by atoms with E-state index in [2.05, 4.69) is 5.32 Å². The van der Waals surface area contributed by atoms with Gasteiger partial charge in [-0.3, -0.25) is 9.69 Å². The number of carbonyl (C=O) groups is 3. The maximum absolute atomic E-state index is 12.3. The highest BCUT2D eigenvalue weighted by molar-refractivity contribution is 5.97. The number of benzene rings is 1. The van der Waals surface area contributed by atoms with E-state index in [1.54, 1.807) is 0 Å². The number of carboxylic acids is 1. The monoisotopic (exact) mass is 291 g/mol. The van der Waals surface area contributed by atoms with E-state index in [1.165, 1.54) is 4.90 Å². The first-order valence-corrected chi connectivity index (χ1v) is 6.59. The number of anilines is 1. The van der Waals surface area contributed by atoms with Gasteiger partial charge in [0.05, 0.1) is 6.42 Å². The van der Waals surface area contributed by atoms with E-state index in [-0.39, 0.29) is 6.04 Å². The van der Waals surface area contributed by atoms with Gasteiger partial charge in [-0.05, 0) is 25.0 Å². The molecular formula is C14H17N3O4. The first-order valence-electron chi connectivity index (χ1n) is 6.59. The third-order valence-electron chi connectivity index (χ3n) is 3.43. The maximum Gasteiger partial charge on any atom is 0.326 e. The molecule has 7 heteroatoms. The van der Waals surface area contributed by atoms with Crippen molar-refractivity contribution < 1.29 is 19.5 Å².